The minimum atomic E-state index is -0.396. The van der Waals surface area contributed by atoms with Gasteiger partial charge in [-0.25, -0.2) is 4.68 Å². The van der Waals surface area contributed by atoms with E-state index in [2.05, 4.69) is 5.32 Å². The molecule has 146 valence electrons. The highest BCUT2D eigenvalue weighted by Gasteiger charge is 2.19. The molecule has 1 aliphatic heterocycles. The average molecular weight is 404 g/mol. The Morgan fingerprint density at radius 3 is 2.90 bits per heavy atom. The Labute approximate surface area is 173 Å². The van der Waals surface area contributed by atoms with Gasteiger partial charge in [0.25, 0.3) is 5.91 Å². The van der Waals surface area contributed by atoms with Gasteiger partial charge < -0.3 is 10.1 Å². The Morgan fingerprint density at radius 1 is 1.34 bits per heavy atom. The van der Waals surface area contributed by atoms with Gasteiger partial charge in [-0.15, -0.1) is 11.3 Å². The highest BCUT2D eigenvalue weighted by molar-refractivity contribution is 7.13. The van der Waals surface area contributed by atoms with Crippen LogP contribution in [0.5, 0.6) is 0 Å². The first-order valence-corrected chi connectivity index (χ1v) is 10.3. The van der Waals surface area contributed by atoms with Crippen LogP contribution in [0, 0.1) is 11.3 Å². The molecule has 0 saturated carbocycles. The summed E-state index contributed by atoms with van der Waals surface area (Å²) in [5, 5.41) is 19.0. The van der Waals surface area contributed by atoms with Crippen LogP contribution in [0.3, 0.4) is 0 Å². The van der Waals surface area contributed by atoms with Gasteiger partial charge in [0.05, 0.1) is 16.7 Å². The Balaban J connectivity index is 1.63. The number of hydrogen-bond donors (Lipinski definition) is 1. The highest BCUT2D eigenvalue weighted by Crippen LogP contribution is 2.29. The lowest BCUT2D eigenvalue weighted by Crippen LogP contribution is -2.32. The first-order valence-electron chi connectivity index (χ1n) is 9.45. The molecule has 3 heterocycles. The summed E-state index contributed by atoms with van der Waals surface area (Å²) in [4.78, 5) is 13.5. The van der Waals surface area contributed by atoms with Crippen LogP contribution >= 0.6 is 11.3 Å². The van der Waals surface area contributed by atoms with E-state index in [4.69, 9.17) is 9.84 Å². The second-order valence-electron chi connectivity index (χ2n) is 6.71. The maximum Gasteiger partial charge on any atom is 0.262 e. The molecular formula is C22H20N4O2S. The van der Waals surface area contributed by atoms with E-state index in [0.29, 0.717) is 6.54 Å². The molecule has 0 aliphatic carbocycles. The van der Waals surface area contributed by atoms with E-state index < -0.39 is 5.91 Å². The van der Waals surface area contributed by atoms with Crippen LogP contribution in [0.25, 0.3) is 22.3 Å². The number of ether oxygens (including phenoxy) is 1. The maximum atomic E-state index is 12.5. The van der Waals surface area contributed by atoms with E-state index in [0.717, 1.165) is 41.3 Å². The van der Waals surface area contributed by atoms with Crippen LogP contribution in [0.1, 0.15) is 18.4 Å². The molecule has 1 atom stereocenters. The predicted molar refractivity (Wildman–Crippen MR) is 112 cm³/mol. The number of nitrogens with one attached hydrogen (secondary N) is 1. The normalized spacial score (nSPS) is 16.5. The Kier molecular flexibility index (Phi) is 5.84. The molecule has 1 fully saturated rings. The van der Waals surface area contributed by atoms with Crippen LogP contribution in [-0.4, -0.2) is 34.9 Å². The lowest BCUT2D eigenvalue weighted by atomic mass is 10.1. The Bertz CT molecular complexity index is 1040. The SMILES string of the molecule is N#CC(=Cc1cn(-c2ccccc2)nc1-c1cccs1)C(=O)NCC1CCCO1. The number of thiophene rings is 1. The topological polar surface area (TPSA) is 79.9 Å². The van der Waals surface area contributed by atoms with E-state index in [1.165, 1.54) is 0 Å². The molecule has 0 radical (unpaired) electrons. The number of amides is 1. The lowest BCUT2D eigenvalue weighted by molar-refractivity contribution is -0.117. The second kappa shape index (κ2) is 8.86. The molecule has 1 amide bonds. The van der Waals surface area contributed by atoms with Gasteiger partial charge in [0.2, 0.25) is 0 Å². The van der Waals surface area contributed by atoms with Gasteiger partial charge in [-0.1, -0.05) is 24.3 Å². The van der Waals surface area contributed by atoms with E-state index in [9.17, 15) is 10.1 Å². The third kappa shape index (κ3) is 4.45. The fraction of sp³-hybridized carbons (Fsp3) is 0.227. The molecule has 1 unspecified atom stereocenters. The number of para-hydroxylation sites is 1. The Morgan fingerprint density at radius 2 is 2.21 bits per heavy atom. The lowest BCUT2D eigenvalue weighted by Gasteiger charge is -2.10. The fourth-order valence-electron chi connectivity index (χ4n) is 3.22. The van der Waals surface area contributed by atoms with Crippen molar-refractivity contribution in [1.82, 2.24) is 15.1 Å². The molecular weight excluding hydrogens is 384 g/mol. The summed E-state index contributed by atoms with van der Waals surface area (Å²) >= 11 is 1.56. The minimum absolute atomic E-state index is 0.0291. The van der Waals surface area contributed by atoms with Gasteiger partial charge >= 0.3 is 0 Å². The van der Waals surface area contributed by atoms with Crippen molar-refractivity contribution in [3.63, 3.8) is 0 Å². The molecule has 1 aliphatic rings. The van der Waals surface area contributed by atoms with Gasteiger partial charge in [0.15, 0.2) is 0 Å². The zero-order chi connectivity index (χ0) is 20.1. The summed E-state index contributed by atoms with van der Waals surface area (Å²) in [6, 6.07) is 15.7. The average Bonchev–Trinajstić information content (AvgIpc) is 3.52. The molecule has 1 aromatic carbocycles. The van der Waals surface area contributed by atoms with E-state index in [1.807, 2.05) is 60.1 Å². The van der Waals surface area contributed by atoms with E-state index in [1.54, 1.807) is 22.1 Å². The summed E-state index contributed by atoms with van der Waals surface area (Å²) < 4.78 is 7.29. The summed E-state index contributed by atoms with van der Waals surface area (Å²) in [5.74, 6) is -0.396. The summed E-state index contributed by atoms with van der Waals surface area (Å²) in [6.45, 7) is 1.14. The number of rotatable bonds is 6. The molecule has 29 heavy (non-hydrogen) atoms. The number of carbonyl (C=O) groups is 1. The van der Waals surface area contributed by atoms with Crippen molar-refractivity contribution in [2.75, 3.05) is 13.2 Å². The molecule has 7 heteroatoms. The first kappa shape index (κ1) is 19.1. The summed E-state index contributed by atoms with van der Waals surface area (Å²) in [7, 11) is 0. The van der Waals surface area contributed by atoms with Crippen molar-refractivity contribution >= 4 is 23.3 Å². The molecule has 3 aromatic rings. The zero-order valence-electron chi connectivity index (χ0n) is 15.7. The number of nitrogens with zero attached hydrogens (tertiary/aromatic N) is 3. The van der Waals surface area contributed by atoms with E-state index in [-0.39, 0.29) is 11.7 Å². The second-order valence-corrected chi connectivity index (χ2v) is 7.65. The largest absolute Gasteiger partial charge is 0.376 e. The standard InChI is InChI=1S/C22H20N4O2S/c23-13-16(22(27)24-14-19-8-4-10-28-19)12-17-15-26(18-6-2-1-3-7-18)25-21(17)20-9-5-11-29-20/h1-3,5-7,9,11-12,15,19H,4,8,10,14H2,(H,24,27). The molecule has 6 nitrogen and oxygen atoms in total. The van der Waals surface area contributed by atoms with Crippen molar-refractivity contribution in [1.29, 1.82) is 5.26 Å². The molecule has 0 bridgehead atoms. The van der Waals surface area contributed by atoms with Crippen molar-refractivity contribution in [3.8, 4) is 22.3 Å². The van der Waals surface area contributed by atoms with Gasteiger partial charge in [0.1, 0.15) is 17.3 Å². The monoisotopic (exact) mass is 404 g/mol. The van der Waals surface area contributed by atoms with Gasteiger partial charge in [-0.2, -0.15) is 10.4 Å². The quantitative estimate of drug-likeness (QED) is 0.501. The van der Waals surface area contributed by atoms with Crippen molar-refractivity contribution in [2.24, 2.45) is 0 Å². The smallest absolute Gasteiger partial charge is 0.262 e. The van der Waals surface area contributed by atoms with E-state index >= 15 is 0 Å². The number of hydrogen-bond acceptors (Lipinski definition) is 5. The third-order valence-corrected chi connectivity index (χ3v) is 5.57. The van der Waals surface area contributed by atoms with Gasteiger partial charge in [0, 0.05) is 24.9 Å². The Hall–Kier alpha value is -3.21. The van der Waals surface area contributed by atoms with Crippen LogP contribution in [0.4, 0.5) is 0 Å². The van der Waals surface area contributed by atoms with Crippen molar-refractivity contribution in [2.45, 2.75) is 18.9 Å². The van der Waals surface area contributed by atoms with Crippen LogP contribution in [-0.2, 0) is 9.53 Å². The fourth-order valence-corrected chi connectivity index (χ4v) is 3.95. The number of carbonyl (C=O) groups excluding carboxylic acids is 1. The predicted octanol–water partition coefficient (Wildman–Crippen LogP) is 3.80. The summed E-state index contributed by atoms with van der Waals surface area (Å²) in [5.41, 5.74) is 2.42. The molecule has 4 rings (SSSR count). The van der Waals surface area contributed by atoms with Gasteiger partial charge in [-0.05, 0) is 42.5 Å². The zero-order valence-corrected chi connectivity index (χ0v) is 16.6. The first-order chi connectivity index (χ1) is 14.2. The highest BCUT2D eigenvalue weighted by atomic mass is 32.1. The van der Waals surface area contributed by atoms with Crippen LogP contribution in [0.15, 0.2) is 59.6 Å². The molecule has 1 saturated heterocycles. The number of aromatic nitrogens is 2. The third-order valence-electron chi connectivity index (χ3n) is 4.70. The molecule has 1 N–H and O–H groups in total. The number of nitriles is 1. The van der Waals surface area contributed by atoms with Crippen molar-refractivity contribution in [3.05, 3.63) is 65.2 Å². The molecule has 2 aromatic heterocycles. The van der Waals surface area contributed by atoms with Crippen LogP contribution in [0.2, 0.25) is 0 Å². The van der Waals surface area contributed by atoms with Crippen LogP contribution < -0.4 is 5.32 Å². The molecule has 0 spiro atoms. The van der Waals surface area contributed by atoms with Crippen molar-refractivity contribution < 1.29 is 9.53 Å². The minimum Gasteiger partial charge on any atom is -0.376 e. The number of benzene rings is 1. The van der Waals surface area contributed by atoms with Gasteiger partial charge in [-0.3, -0.25) is 4.79 Å². The maximum absolute atomic E-state index is 12.5. The summed E-state index contributed by atoms with van der Waals surface area (Å²) in [6.07, 6.45) is 5.41.